The number of alkyl halides is 3. The van der Waals surface area contributed by atoms with Crippen LogP contribution in [0.3, 0.4) is 0 Å². The van der Waals surface area contributed by atoms with Crippen molar-refractivity contribution < 1.29 is 13.2 Å². The van der Waals surface area contributed by atoms with E-state index in [9.17, 15) is 13.2 Å². The molecule has 0 heterocycles. The molecule has 27 heavy (non-hydrogen) atoms. The van der Waals surface area contributed by atoms with Gasteiger partial charge in [0.25, 0.3) is 0 Å². The molecular formula is C16H13Cl3F3N5. The Hall–Kier alpha value is -2.29. The normalized spacial score (nSPS) is 11.4. The fraction of sp³-hybridized carbons (Fsp3) is 0.0625. The topological polar surface area (TPSA) is 72.6 Å². The lowest BCUT2D eigenvalue weighted by atomic mass is 10.1. The van der Waals surface area contributed by atoms with Crippen LogP contribution in [0.25, 0.3) is 0 Å². The summed E-state index contributed by atoms with van der Waals surface area (Å²) in [6, 6.07) is 9.36. The lowest BCUT2D eigenvalue weighted by Gasteiger charge is -2.05. The highest BCUT2D eigenvalue weighted by atomic mass is 35.5. The van der Waals surface area contributed by atoms with E-state index in [0.29, 0.717) is 21.2 Å². The van der Waals surface area contributed by atoms with E-state index in [4.69, 9.17) is 28.6 Å². The van der Waals surface area contributed by atoms with Gasteiger partial charge in [-0.25, -0.2) is 10.9 Å². The van der Waals surface area contributed by atoms with Crippen LogP contribution in [0.5, 0.6) is 0 Å². The van der Waals surface area contributed by atoms with Gasteiger partial charge in [-0.05, 0) is 35.4 Å². The monoisotopic (exact) mass is 437 g/mol. The van der Waals surface area contributed by atoms with Gasteiger partial charge in [-0.2, -0.15) is 23.4 Å². The van der Waals surface area contributed by atoms with Crippen molar-refractivity contribution in [2.24, 2.45) is 10.2 Å². The van der Waals surface area contributed by atoms with Crippen LogP contribution in [0.1, 0.15) is 16.7 Å². The molecule has 0 fully saturated rings. The quantitative estimate of drug-likeness (QED) is 0.360. The third-order valence-electron chi connectivity index (χ3n) is 2.96. The Morgan fingerprint density at radius 3 is 1.93 bits per heavy atom. The summed E-state index contributed by atoms with van der Waals surface area (Å²) in [7, 11) is 0. The molecule has 144 valence electrons. The van der Waals surface area contributed by atoms with Crippen molar-refractivity contribution in [3.8, 4) is 0 Å². The second kappa shape index (κ2) is 10.1. The highest BCUT2D eigenvalue weighted by Gasteiger charge is 2.29. The Bertz CT molecular complexity index is 836. The van der Waals surface area contributed by atoms with Crippen LogP contribution in [0.2, 0.25) is 10.0 Å². The van der Waals surface area contributed by atoms with Gasteiger partial charge in [0.1, 0.15) is 0 Å². The maximum atomic E-state index is 12.5. The number of hydrazone groups is 2. The van der Waals surface area contributed by atoms with Crippen LogP contribution < -0.4 is 10.9 Å². The third-order valence-corrected chi connectivity index (χ3v) is 3.70. The summed E-state index contributed by atoms with van der Waals surface area (Å²) >= 11 is 11.7. The van der Waals surface area contributed by atoms with E-state index in [1.54, 1.807) is 18.2 Å². The molecule has 3 N–H and O–H groups in total. The van der Waals surface area contributed by atoms with Crippen molar-refractivity contribution in [3.05, 3.63) is 69.2 Å². The second-order valence-corrected chi connectivity index (χ2v) is 5.72. The highest BCUT2D eigenvalue weighted by Crippen LogP contribution is 2.28. The number of benzene rings is 2. The Kier molecular flexibility index (Phi) is 8.55. The molecule has 2 aromatic rings. The van der Waals surface area contributed by atoms with Crippen LogP contribution in [0.4, 0.5) is 13.2 Å². The average molecular weight is 439 g/mol. The van der Waals surface area contributed by atoms with Crippen molar-refractivity contribution in [1.29, 1.82) is 5.41 Å². The average Bonchev–Trinajstić information content (AvgIpc) is 2.58. The molecule has 0 atom stereocenters. The van der Waals surface area contributed by atoms with Gasteiger partial charge in [0.2, 0.25) is 5.96 Å². The number of hydrogen-bond acceptors (Lipinski definition) is 3. The summed E-state index contributed by atoms with van der Waals surface area (Å²) in [5.41, 5.74) is 5.10. The molecule has 0 aliphatic rings. The second-order valence-electron chi connectivity index (χ2n) is 4.91. The van der Waals surface area contributed by atoms with Gasteiger partial charge in [0.15, 0.2) is 0 Å². The molecule has 0 saturated heterocycles. The van der Waals surface area contributed by atoms with E-state index in [2.05, 4.69) is 21.1 Å². The number of halogens is 6. The minimum atomic E-state index is -4.38. The maximum Gasteiger partial charge on any atom is 0.416 e. The number of rotatable bonds is 4. The smallest absolute Gasteiger partial charge is 0.266 e. The summed E-state index contributed by atoms with van der Waals surface area (Å²) < 4.78 is 37.4. The van der Waals surface area contributed by atoms with Crippen molar-refractivity contribution in [2.45, 2.75) is 6.18 Å². The van der Waals surface area contributed by atoms with Crippen LogP contribution in [-0.2, 0) is 6.18 Å². The summed E-state index contributed by atoms with van der Waals surface area (Å²) in [5, 5.41) is 15.9. The summed E-state index contributed by atoms with van der Waals surface area (Å²) in [4.78, 5) is 0. The Morgan fingerprint density at radius 2 is 1.41 bits per heavy atom. The lowest BCUT2D eigenvalue weighted by Crippen LogP contribution is -2.29. The van der Waals surface area contributed by atoms with Gasteiger partial charge in [0.05, 0.1) is 28.0 Å². The minimum absolute atomic E-state index is 0. The molecule has 0 amide bonds. The molecule has 2 aromatic carbocycles. The first-order chi connectivity index (χ1) is 12.3. The van der Waals surface area contributed by atoms with Crippen molar-refractivity contribution in [1.82, 2.24) is 10.9 Å². The van der Waals surface area contributed by atoms with Gasteiger partial charge >= 0.3 is 6.18 Å². The molecule has 0 aliphatic carbocycles. The van der Waals surface area contributed by atoms with E-state index >= 15 is 0 Å². The minimum Gasteiger partial charge on any atom is -0.266 e. The Morgan fingerprint density at radius 1 is 0.889 bits per heavy atom. The van der Waals surface area contributed by atoms with E-state index in [-0.39, 0.29) is 18.4 Å². The summed E-state index contributed by atoms with van der Waals surface area (Å²) in [6.07, 6.45) is -1.68. The summed E-state index contributed by atoms with van der Waals surface area (Å²) in [5.74, 6) is -0.232. The van der Waals surface area contributed by atoms with E-state index in [1.165, 1.54) is 24.6 Å². The standard InChI is InChI=1S/C16H12Cl2F3N5.ClH/c17-13-6-3-11(7-14(13)18)9-24-26-15(22)25-23-8-10-1-4-12(5-2-10)16(19,20)21;/h1-9H,(H3,22,25,26);1H. The van der Waals surface area contributed by atoms with Crippen LogP contribution in [0.15, 0.2) is 52.7 Å². The zero-order valence-corrected chi connectivity index (χ0v) is 15.7. The van der Waals surface area contributed by atoms with E-state index in [0.717, 1.165) is 12.1 Å². The van der Waals surface area contributed by atoms with Gasteiger partial charge in [-0.3, -0.25) is 5.41 Å². The molecule has 2 rings (SSSR count). The van der Waals surface area contributed by atoms with E-state index < -0.39 is 11.7 Å². The van der Waals surface area contributed by atoms with Gasteiger partial charge in [-0.15, -0.1) is 12.4 Å². The first-order valence-corrected chi connectivity index (χ1v) is 7.80. The number of nitrogens with one attached hydrogen (secondary N) is 3. The first kappa shape index (κ1) is 22.8. The zero-order chi connectivity index (χ0) is 19.2. The number of hydrogen-bond donors (Lipinski definition) is 3. The van der Waals surface area contributed by atoms with Gasteiger partial charge < -0.3 is 0 Å². The lowest BCUT2D eigenvalue weighted by molar-refractivity contribution is -0.137. The molecule has 0 spiro atoms. The molecule has 0 aromatic heterocycles. The predicted molar refractivity (Wildman–Crippen MR) is 104 cm³/mol. The molecule has 0 unspecified atom stereocenters. The van der Waals surface area contributed by atoms with E-state index in [1.807, 2.05) is 0 Å². The van der Waals surface area contributed by atoms with Crippen LogP contribution in [0, 0.1) is 5.41 Å². The Balaban J connectivity index is 0.00000364. The van der Waals surface area contributed by atoms with Crippen molar-refractivity contribution >= 4 is 54.0 Å². The third kappa shape index (κ3) is 7.46. The van der Waals surface area contributed by atoms with Crippen molar-refractivity contribution in [2.75, 3.05) is 0 Å². The molecule has 0 saturated carbocycles. The fourth-order valence-electron chi connectivity index (χ4n) is 1.72. The molecule has 0 aliphatic heterocycles. The first-order valence-electron chi connectivity index (χ1n) is 7.05. The zero-order valence-electron chi connectivity index (χ0n) is 13.4. The van der Waals surface area contributed by atoms with Gasteiger partial charge in [-0.1, -0.05) is 41.4 Å². The molecule has 5 nitrogen and oxygen atoms in total. The summed E-state index contributed by atoms with van der Waals surface area (Å²) in [6.45, 7) is 0. The predicted octanol–water partition coefficient (Wildman–Crippen LogP) is 4.92. The fourth-order valence-corrected chi connectivity index (χ4v) is 2.03. The van der Waals surface area contributed by atoms with Crippen LogP contribution >= 0.6 is 35.6 Å². The highest BCUT2D eigenvalue weighted by molar-refractivity contribution is 6.42. The number of guanidine groups is 1. The number of nitrogens with zero attached hydrogens (tertiary/aromatic N) is 2. The van der Waals surface area contributed by atoms with Gasteiger partial charge in [0, 0.05) is 0 Å². The molecule has 0 bridgehead atoms. The SMILES string of the molecule is Cl.N=C(NN=Cc1ccc(C(F)(F)F)cc1)NN=Cc1ccc(Cl)c(Cl)c1. The van der Waals surface area contributed by atoms with Crippen molar-refractivity contribution in [3.63, 3.8) is 0 Å². The molecular weight excluding hydrogens is 426 g/mol. The maximum absolute atomic E-state index is 12.5. The largest absolute Gasteiger partial charge is 0.416 e. The van der Waals surface area contributed by atoms with Crippen LogP contribution in [-0.4, -0.2) is 18.4 Å². The molecule has 11 heteroatoms. The molecule has 0 radical (unpaired) electrons. The Labute approximate surface area is 169 Å².